The molecule has 2 N–H and O–H groups in total. The van der Waals surface area contributed by atoms with Gasteiger partial charge in [0, 0.05) is 6.54 Å². The minimum absolute atomic E-state index is 0. The zero-order chi connectivity index (χ0) is 18.0. The molecule has 0 radical (unpaired) electrons. The number of halogens is 1. The standard InChI is InChI=1S/C19H20N2O2S2.ClH/c1-13(2)15-8-16(14-6-4-3-5-7-14)10-17(9-15)25(22,23)19-12-21-18(11-20)24-19;/h3-10,12-13H,11,20H2,1-2H3;1H. The lowest BCUT2D eigenvalue weighted by Crippen LogP contribution is -2.02. The number of sulfone groups is 1. The van der Waals surface area contributed by atoms with Gasteiger partial charge in [-0.25, -0.2) is 13.4 Å². The number of rotatable bonds is 5. The van der Waals surface area contributed by atoms with Crippen LogP contribution in [0.5, 0.6) is 0 Å². The average molecular weight is 409 g/mol. The van der Waals surface area contributed by atoms with E-state index in [-0.39, 0.29) is 29.1 Å². The highest BCUT2D eigenvalue weighted by Crippen LogP contribution is 2.32. The van der Waals surface area contributed by atoms with Crippen LogP contribution in [0.1, 0.15) is 30.3 Å². The van der Waals surface area contributed by atoms with Crippen LogP contribution in [0.15, 0.2) is 63.8 Å². The van der Waals surface area contributed by atoms with Crippen molar-refractivity contribution in [1.29, 1.82) is 0 Å². The van der Waals surface area contributed by atoms with E-state index in [9.17, 15) is 8.42 Å². The van der Waals surface area contributed by atoms with Gasteiger partial charge < -0.3 is 5.73 Å². The van der Waals surface area contributed by atoms with Crippen LogP contribution in [0.4, 0.5) is 0 Å². The largest absolute Gasteiger partial charge is 0.325 e. The third-order valence-electron chi connectivity index (χ3n) is 3.98. The molecule has 1 aromatic heterocycles. The molecular weight excluding hydrogens is 388 g/mol. The van der Waals surface area contributed by atoms with E-state index in [1.165, 1.54) is 6.20 Å². The van der Waals surface area contributed by atoms with Gasteiger partial charge in [0.25, 0.3) is 0 Å². The molecule has 0 fully saturated rings. The van der Waals surface area contributed by atoms with Crippen LogP contribution in [-0.4, -0.2) is 13.4 Å². The molecule has 0 saturated carbocycles. The fourth-order valence-corrected chi connectivity index (χ4v) is 5.08. The van der Waals surface area contributed by atoms with Crippen LogP contribution in [-0.2, 0) is 16.4 Å². The zero-order valence-corrected chi connectivity index (χ0v) is 17.0. The Kier molecular flexibility index (Phi) is 6.58. The Morgan fingerprint density at radius 3 is 2.35 bits per heavy atom. The third kappa shape index (κ3) is 4.15. The molecule has 0 aliphatic rings. The number of hydrogen-bond acceptors (Lipinski definition) is 5. The van der Waals surface area contributed by atoms with E-state index in [0.717, 1.165) is 28.0 Å². The molecule has 3 rings (SSSR count). The summed E-state index contributed by atoms with van der Waals surface area (Å²) >= 11 is 1.13. The van der Waals surface area contributed by atoms with Crippen molar-refractivity contribution in [2.24, 2.45) is 5.73 Å². The number of nitrogens with two attached hydrogens (primary N) is 1. The highest BCUT2D eigenvalue weighted by atomic mass is 35.5. The Balaban J connectivity index is 0.00000243. The maximum absolute atomic E-state index is 13.1. The van der Waals surface area contributed by atoms with E-state index in [2.05, 4.69) is 24.9 Å². The molecule has 26 heavy (non-hydrogen) atoms. The first-order valence-corrected chi connectivity index (χ1v) is 10.3. The second-order valence-corrected chi connectivity index (χ2v) is 9.38. The van der Waals surface area contributed by atoms with E-state index in [1.54, 1.807) is 12.1 Å². The summed E-state index contributed by atoms with van der Waals surface area (Å²) in [7, 11) is -3.61. The summed E-state index contributed by atoms with van der Waals surface area (Å²) in [5, 5.41) is 0.613. The van der Waals surface area contributed by atoms with Gasteiger partial charge in [0.2, 0.25) is 9.84 Å². The number of hydrogen-bond donors (Lipinski definition) is 1. The van der Waals surface area contributed by atoms with Crippen LogP contribution < -0.4 is 5.73 Å². The SMILES string of the molecule is CC(C)c1cc(-c2ccccc2)cc(S(=O)(=O)c2cnc(CN)s2)c1.Cl. The molecule has 138 valence electrons. The Morgan fingerprint density at radius 1 is 1.08 bits per heavy atom. The average Bonchev–Trinajstić information content (AvgIpc) is 3.12. The van der Waals surface area contributed by atoms with E-state index < -0.39 is 9.84 Å². The molecule has 0 aliphatic carbocycles. The maximum Gasteiger partial charge on any atom is 0.217 e. The van der Waals surface area contributed by atoms with Crippen LogP contribution in [0.3, 0.4) is 0 Å². The lowest BCUT2D eigenvalue weighted by molar-refractivity contribution is 0.597. The molecular formula is C19H21ClN2O2S2. The second-order valence-electron chi connectivity index (χ2n) is 6.09. The van der Waals surface area contributed by atoms with Crippen molar-refractivity contribution in [3.05, 3.63) is 65.3 Å². The minimum atomic E-state index is -3.61. The van der Waals surface area contributed by atoms with Crippen molar-refractivity contribution in [1.82, 2.24) is 4.98 Å². The molecule has 0 saturated heterocycles. The first-order chi connectivity index (χ1) is 11.9. The molecule has 0 spiro atoms. The van der Waals surface area contributed by atoms with E-state index in [4.69, 9.17) is 5.73 Å². The Hall–Kier alpha value is -1.73. The van der Waals surface area contributed by atoms with Gasteiger partial charge in [0.05, 0.1) is 11.1 Å². The lowest BCUT2D eigenvalue weighted by Gasteiger charge is -2.12. The molecule has 4 nitrogen and oxygen atoms in total. The van der Waals surface area contributed by atoms with Gasteiger partial charge in [-0.05, 0) is 34.7 Å². The summed E-state index contributed by atoms with van der Waals surface area (Å²) in [6.07, 6.45) is 1.40. The van der Waals surface area contributed by atoms with Crippen molar-refractivity contribution in [3.63, 3.8) is 0 Å². The summed E-state index contributed by atoms with van der Waals surface area (Å²) in [6.45, 7) is 4.35. The molecule has 0 amide bonds. The van der Waals surface area contributed by atoms with Gasteiger partial charge in [0.15, 0.2) is 0 Å². The zero-order valence-electron chi connectivity index (χ0n) is 14.5. The molecule has 0 bridgehead atoms. The third-order valence-corrected chi connectivity index (χ3v) is 7.20. The molecule has 0 unspecified atom stereocenters. The lowest BCUT2D eigenvalue weighted by atomic mass is 9.97. The van der Waals surface area contributed by atoms with Gasteiger partial charge in [-0.2, -0.15) is 0 Å². The number of benzene rings is 2. The maximum atomic E-state index is 13.1. The predicted molar refractivity (Wildman–Crippen MR) is 109 cm³/mol. The van der Waals surface area contributed by atoms with Crippen molar-refractivity contribution >= 4 is 33.6 Å². The molecule has 3 aromatic rings. The fourth-order valence-electron chi connectivity index (χ4n) is 2.54. The quantitative estimate of drug-likeness (QED) is 0.667. The summed E-state index contributed by atoms with van der Waals surface area (Å²) in [5.41, 5.74) is 8.44. The highest BCUT2D eigenvalue weighted by Gasteiger charge is 2.22. The Bertz CT molecular complexity index is 984. The van der Waals surface area contributed by atoms with Crippen LogP contribution in [0, 0.1) is 0 Å². The molecule has 1 heterocycles. The van der Waals surface area contributed by atoms with Crippen molar-refractivity contribution in [2.75, 3.05) is 0 Å². The topological polar surface area (TPSA) is 73.0 Å². The monoisotopic (exact) mass is 408 g/mol. The van der Waals surface area contributed by atoms with Gasteiger partial charge >= 0.3 is 0 Å². The van der Waals surface area contributed by atoms with Gasteiger partial charge in [0.1, 0.15) is 9.22 Å². The molecule has 7 heteroatoms. The van der Waals surface area contributed by atoms with Gasteiger partial charge in [-0.1, -0.05) is 50.2 Å². The van der Waals surface area contributed by atoms with Gasteiger partial charge in [-0.15, -0.1) is 23.7 Å². The van der Waals surface area contributed by atoms with Crippen molar-refractivity contribution in [2.45, 2.75) is 35.4 Å². The first kappa shape index (κ1) is 20.6. The van der Waals surface area contributed by atoms with E-state index in [0.29, 0.717) is 9.90 Å². The normalized spacial score (nSPS) is 11.4. The highest BCUT2D eigenvalue weighted by molar-refractivity contribution is 7.93. The molecule has 0 aliphatic heterocycles. The Labute approximate surface area is 164 Å². The smallest absolute Gasteiger partial charge is 0.217 e. The molecule has 0 atom stereocenters. The van der Waals surface area contributed by atoms with Crippen molar-refractivity contribution in [3.8, 4) is 11.1 Å². The Morgan fingerprint density at radius 2 is 1.77 bits per heavy atom. The number of thiazole rings is 1. The van der Waals surface area contributed by atoms with Crippen LogP contribution >= 0.6 is 23.7 Å². The van der Waals surface area contributed by atoms with E-state index in [1.807, 2.05) is 30.3 Å². The van der Waals surface area contributed by atoms with Gasteiger partial charge in [-0.3, -0.25) is 0 Å². The number of aromatic nitrogens is 1. The second kappa shape index (κ2) is 8.31. The summed E-state index contributed by atoms with van der Waals surface area (Å²) < 4.78 is 26.3. The first-order valence-electron chi connectivity index (χ1n) is 8.02. The van der Waals surface area contributed by atoms with Crippen molar-refractivity contribution < 1.29 is 8.42 Å². The summed E-state index contributed by atoms with van der Waals surface area (Å²) in [4.78, 5) is 4.38. The van der Waals surface area contributed by atoms with Crippen LogP contribution in [0.2, 0.25) is 0 Å². The number of nitrogens with zero attached hydrogens (tertiary/aromatic N) is 1. The van der Waals surface area contributed by atoms with E-state index >= 15 is 0 Å². The summed E-state index contributed by atoms with van der Waals surface area (Å²) in [6, 6.07) is 15.3. The fraction of sp³-hybridized carbons (Fsp3) is 0.211. The minimum Gasteiger partial charge on any atom is -0.325 e. The molecule has 2 aromatic carbocycles. The summed E-state index contributed by atoms with van der Waals surface area (Å²) in [5.74, 6) is 0.221. The predicted octanol–water partition coefficient (Wildman–Crippen LogP) is 4.65. The van der Waals surface area contributed by atoms with Crippen LogP contribution in [0.25, 0.3) is 11.1 Å².